The predicted octanol–water partition coefficient (Wildman–Crippen LogP) is 2.83. The Morgan fingerprint density at radius 2 is 2.04 bits per heavy atom. The Hall–Kier alpha value is -2.19. The van der Waals surface area contributed by atoms with Crippen LogP contribution in [0.1, 0.15) is 11.1 Å². The van der Waals surface area contributed by atoms with Gasteiger partial charge in [-0.25, -0.2) is 9.97 Å². The van der Waals surface area contributed by atoms with Gasteiger partial charge in [0.15, 0.2) is 9.99 Å². The van der Waals surface area contributed by atoms with E-state index in [1.807, 2.05) is 38.3 Å². The Morgan fingerprint density at radius 1 is 1.33 bits per heavy atom. The topological polar surface area (TPSA) is 76.9 Å². The Bertz CT molecular complexity index is 958. The zero-order valence-corrected chi connectivity index (χ0v) is 15.1. The molecule has 1 N–H and O–H groups in total. The van der Waals surface area contributed by atoms with E-state index in [-0.39, 0.29) is 18.0 Å². The lowest BCUT2D eigenvalue weighted by atomic mass is 10.1. The Kier molecular flexibility index (Phi) is 4.68. The number of thioether (sulfide) groups is 1. The van der Waals surface area contributed by atoms with E-state index in [4.69, 9.17) is 0 Å². The Morgan fingerprint density at radius 3 is 2.71 bits per heavy atom. The van der Waals surface area contributed by atoms with Crippen molar-refractivity contribution in [2.24, 2.45) is 0 Å². The molecule has 0 bridgehead atoms. The number of fused-ring (bicyclic) bond motifs is 1. The minimum atomic E-state index is -0.259. The molecule has 0 spiro atoms. The van der Waals surface area contributed by atoms with Crippen molar-refractivity contribution in [3.8, 4) is 0 Å². The number of nitrogens with one attached hydrogen (secondary N) is 1. The summed E-state index contributed by atoms with van der Waals surface area (Å²) in [6, 6.07) is 5.81. The van der Waals surface area contributed by atoms with Crippen LogP contribution in [0.4, 0.5) is 5.69 Å². The molecule has 0 aliphatic heterocycles. The summed E-state index contributed by atoms with van der Waals surface area (Å²) in [5, 5.41) is 2.88. The summed E-state index contributed by atoms with van der Waals surface area (Å²) in [7, 11) is 0. The van der Waals surface area contributed by atoms with E-state index >= 15 is 0 Å². The van der Waals surface area contributed by atoms with Crippen molar-refractivity contribution in [1.82, 2.24) is 14.5 Å². The lowest BCUT2D eigenvalue weighted by Crippen LogP contribution is -2.27. The van der Waals surface area contributed by atoms with Crippen LogP contribution in [0.2, 0.25) is 0 Å². The highest BCUT2D eigenvalue weighted by Crippen LogP contribution is 2.24. The molecular weight excluding hydrogens is 344 g/mol. The van der Waals surface area contributed by atoms with Crippen LogP contribution in [0.25, 0.3) is 10.3 Å². The van der Waals surface area contributed by atoms with Crippen LogP contribution in [-0.2, 0) is 11.3 Å². The van der Waals surface area contributed by atoms with Crippen molar-refractivity contribution in [1.29, 1.82) is 0 Å². The first-order valence-corrected chi connectivity index (χ1v) is 9.29. The van der Waals surface area contributed by atoms with Gasteiger partial charge in [0, 0.05) is 5.69 Å². The molecule has 24 heavy (non-hydrogen) atoms. The average molecular weight is 360 g/mol. The maximum absolute atomic E-state index is 12.5. The lowest BCUT2D eigenvalue weighted by molar-refractivity contribution is -0.116. The normalized spacial score (nSPS) is 11.0. The molecule has 0 aliphatic carbocycles. The van der Waals surface area contributed by atoms with E-state index in [0.29, 0.717) is 10.3 Å². The molecule has 1 aromatic carbocycles. The lowest BCUT2D eigenvalue weighted by Gasteiger charge is -2.12. The molecule has 2 heterocycles. The zero-order chi connectivity index (χ0) is 17.3. The molecule has 0 fully saturated rings. The number of hydrogen-bond donors (Lipinski definition) is 1. The second-order valence-corrected chi connectivity index (χ2v) is 7.38. The van der Waals surface area contributed by atoms with Gasteiger partial charge in [-0.2, -0.15) is 0 Å². The number of carbonyl (C=O) groups excluding carboxylic acids is 1. The smallest absolute Gasteiger partial charge is 0.273 e. The van der Waals surface area contributed by atoms with Crippen LogP contribution in [-0.4, -0.2) is 26.7 Å². The van der Waals surface area contributed by atoms with Gasteiger partial charge in [-0.15, -0.1) is 11.3 Å². The van der Waals surface area contributed by atoms with Crippen molar-refractivity contribution in [3.63, 3.8) is 0 Å². The first kappa shape index (κ1) is 16.7. The Labute approximate surface area is 147 Å². The van der Waals surface area contributed by atoms with Crippen molar-refractivity contribution in [3.05, 3.63) is 46.0 Å². The summed E-state index contributed by atoms with van der Waals surface area (Å²) in [4.78, 5) is 33.2. The monoisotopic (exact) mass is 360 g/mol. The highest BCUT2D eigenvalue weighted by Gasteiger charge is 2.13. The highest BCUT2D eigenvalue weighted by molar-refractivity contribution is 8.00. The van der Waals surface area contributed by atoms with E-state index in [1.165, 1.54) is 34.0 Å². The maximum Gasteiger partial charge on any atom is 0.273 e. The molecule has 0 aliphatic rings. The van der Waals surface area contributed by atoms with Crippen LogP contribution >= 0.6 is 23.1 Å². The fraction of sp³-hybridized carbons (Fsp3) is 0.250. The summed E-state index contributed by atoms with van der Waals surface area (Å²) < 4.78 is 2.57. The number of para-hydroxylation sites is 1. The molecule has 1 amide bonds. The largest absolute Gasteiger partial charge is 0.324 e. The molecule has 0 radical (unpaired) electrons. The second-order valence-electron chi connectivity index (χ2n) is 5.33. The van der Waals surface area contributed by atoms with Crippen LogP contribution in [0.5, 0.6) is 0 Å². The van der Waals surface area contributed by atoms with Gasteiger partial charge >= 0.3 is 0 Å². The van der Waals surface area contributed by atoms with Gasteiger partial charge in [-0.3, -0.25) is 14.2 Å². The third-order valence-corrected chi connectivity index (χ3v) is 5.62. The SMILES string of the molecule is CSc1nc2ncn(CC(=O)Nc3c(C)cccc3C)c(=O)c2s1. The highest BCUT2D eigenvalue weighted by atomic mass is 32.2. The number of anilines is 1. The number of rotatable bonds is 4. The fourth-order valence-corrected chi connectivity index (χ4v) is 3.83. The number of amides is 1. The molecule has 0 saturated carbocycles. The number of thiazole rings is 1. The third-order valence-electron chi connectivity index (χ3n) is 3.60. The molecule has 8 heteroatoms. The van der Waals surface area contributed by atoms with Gasteiger partial charge in [-0.05, 0) is 31.2 Å². The molecule has 0 atom stereocenters. The molecular formula is C16H16N4O2S2. The quantitative estimate of drug-likeness (QED) is 0.724. The predicted molar refractivity (Wildman–Crippen MR) is 98.0 cm³/mol. The van der Waals surface area contributed by atoms with Gasteiger partial charge in [0.1, 0.15) is 17.6 Å². The van der Waals surface area contributed by atoms with E-state index in [2.05, 4.69) is 15.3 Å². The summed E-state index contributed by atoms with van der Waals surface area (Å²) >= 11 is 2.77. The summed E-state index contributed by atoms with van der Waals surface area (Å²) in [6.45, 7) is 3.79. The maximum atomic E-state index is 12.5. The van der Waals surface area contributed by atoms with E-state index < -0.39 is 0 Å². The van der Waals surface area contributed by atoms with Crippen molar-refractivity contribution in [2.75, 3.05) is 11.6 Å². The molecule has 0 unspecified atom stereocenters. The Balaban J connectivity index is 1.85. The summed E-state index contributed by atoms with van der Waals surface area (Å²) in [5.41, 5.74) is 2.94. The average Bonchev–Trinajstić information content (AvgIpc) is 2.98. The van der Waals surface area contributed by atoms with Gasteiger partial charge in [0.05, 0.1) is 0 Å². The standard InChI is InChI=1S/C16H16N4O2S2/c1-9-5-4-6-10(2)12(9)18-11(21)7-20-8-17-14-13(15(20)22)24-16(19-14)23-3/h4-6,8H,7H2,1-3H3,(H,18,21). The van der Waals surface area contributed by atoms with Gasteiger partial charge in [0.2, 0.25) is 5.91 Å². The number of carbonyl (C=O) groups is 1. The van der Waals surface area contributed by atoms with Crippen LogP contribution in [0, 0.1) is 13.8 Å². The number of hydrogen-bond acceptors (Lipinski definition) is 6. The van der Waals surface area contributed by atoms with E-state index in [1.54, 1.807) is 0 Å². The molecule has 3 aromatic rings. The minimum absolute atomic E-state index is 0.0813. The van der Waals surface area contributed by atoms with E-state index in [9.17, 15) is 9.59 Å². The summed E-state index contributed by atoms with van der Waals surface area (Å²) in [6.07, 6.45) is 3.27. The first-order chi connectivity index (χ1) is 11.5. The minimum Gasteiger partial charge on any atom is -0.324 e. The van der Waals surface area contributed by atoms with Crippen LogP contribution in [0.3, 0.4) is 0 Å². The van der Waals surface area contributed by atoms with Gasteiger partial charge < -0.3 is 5.32 Å². The molecule has 124 valence electrons. The molecule has 3 rings (SSSR count). The van der Waals surface area contributed by atoms with Crippen molar-refractivity contribution in [2.45, 2.75) is 24.7 Å². The van der Waals surface area contributed by atoms with Gasteiger partial charge in [-0.1, -0.05) is 30.0 Å². The molecule has 0 saturated heterocycles. The van der Waals surface area contributed by atoms with Crippen LogP contribution in [0.15, 0.2) is 33.7 Å². The van der Waals surface area contributed by atoms with E-state index in [0.717, 1.165) is 21.2 Å². The van der Waals surface area contributed by atoms with Gasteiger partial charge in [0.25, 0.3) is 5.56 Å². The number of aromatic nitrogens is 3. The molecule has 6 nitrogen and oxygen atoms in total. The fourth-order valence-electron chi connectivity index (χ4n) is 2.37. The molecule has 2 aromatic heterocycles. The number of benzene rings is 1. The second kappa shape index (κ2) is 6.74. The van der Waals surface area contributed by atoms with Crippen LogP contribution < -0.4 is 10.9 Å². The van der Waals surface area contributed by atoms with Crippen molar-refractivity contribution >= 4 is 45.0 Å². The third kappa shape index (κ3) is 3.20. The number of aryl methyl sites for hydroxylation is 2. The zero-order valence-electron chi connectivity index (χ0n) is 13.5. The summed E-state index contributed by atoms with van der Waals surface area (Å²) in [5.74, 6) is -0.259. The van der Waals surface area contributed by atoms with Crippen molar-refractivity contribution < 1.29 is 4.79 Å². The number of nitrogens with zero attached hydrogens (tertiary/aromatic N) is 3. The first-order valence-electron chi connectivity index (χ1n) is 7.25.